The van der Waals surface area contributed by atoms with E-state index in [9.17, 15) is 0 Å². The summed E-state index contributed by atoms with van der Waals surface area (Å²) >= 11 is 15.5. The van der Waals surface area contributed by atoms with Crippen LogP contribution in [0, 0.1) is 6.92 Å². The van der Waals surface area contributed by atoms with E-state index < -0.39 is 0 Å². The molecule has 0 N–H and O–H groups in total. The van der Waals surface area contributed by atoms with Crippen LogP contribution in [0.5, 0.6) is 0 Å². The molecular formula is C24H21Cl2NS2. The zero-order chi connectivity index (χ0) is 20.5. The van der Waals surface area contributed by atoms with Crippen LogP contribution in [0.4, 0.5) is 5.69 Å². The number of hydrogen-bond acceptors (Lipinski definition) is 3. The number of halogens is 2. The van der Waals surface area contributed by atoms with Crippen molar-refractivity contribution in [3.63, 3.8) is 0 Å². The Morgan fingerprint density at radius 2 is 1.69 bits per heavy atom. The molecule has 3 rings (SSSR count). The fourth-order valence-electron chi connectivity index (χ4n) is 2.50. The molecule has 0 fully saturated rings. The summed E-state index contributed by atoms with van der Waals surface area (Å²) in [7, 11) is 0. The van der Waals surface area contributed by atoms with Crippen molar-refractivity contribution in [2.45, 2.75) is 18.2 Å². The molecule has 29 heavy (non-hydrogen) atoms. The summed E-state index contributed by atoms with van der Waals surface area (Å²) in [6.07, 6.45) is 3.06. The van der Waals surface area contributed by atoms with Gasteiger partial charge in [0, 0.05) is 10.6 Å². The third-order valence-corrected chi connectivity index (χ3v) is 6.53. The van der Waals surface area contributed by atoms with Crippen molar-refractivity contribution in [3.05, 3.63) is 105 Å². The van der Waals surface area contributed by atoms with Gasteiger partial charge in [-0.2, -0.15) is 0 Å². The molecular weight excluding hydrogens is 437 g/mol. The molecule has 0 radical (unpaired) electrons. The normalized spacial score (nSPS) is 11.9. The van der Waals surface area contributed by atoms with Crippen LogP contribution in [-0.2, 0) is 6.42 Å². The first kappa shape index (κ1) is 22.0. The fraction of sp³-hybridized carbons (Fsp3) is 0.125. The first-order valence-electron chi connectivity index (χ1n) is 9.20. The van der Waals surface area contributed by atoms with E-state index in [2.05, 4.69) is 49.4 Å². The summed E-state index contributed by atoms with van der Waals surface area (Å²) in [5.74, 6) is 0.969. The molecule has 0 spiro atoms. The van der Waals surface area contributed by atoms with Crippen LogP contribution in [0.15, 0.2) is 94.2 Å². The predicted octanol–water partition coefficient (Wildman–Crippen LogP) is 8.61. The maximum atomic E-state index is 6.10. The average molecular weight is 458 g/mol. The molecule has 0 aromatic heterocycles. The highest BCUT2D eigenvalue weighted by atomic mass is 35.5. The number of rotatable bonds is 7. The molecule has 0 unspecified atom stereocenters. The third kappa shape index (κ3) is 7.60. The van der Waals surface area contributed by atoms with Crippen LogP contribution in [0.25, 0.3) is 0 Å². The zero-order valence-corrected chi connectivity index (χ0v) is 19.2. The Morgan fingerprint density at radius 1 is 0.931 bits per heavy atom. The predicted molar refractivity (Wildman–Crippen MR) is 132 cm³/mol. The largest absolute Gasteiger partial charge is 0.242 e. The monoisotopic (exact) mass is 457 g/mol. The molecule has 0 bridgehead atoms. The van der Waals surface area contributed by atoms with E-state index in [4.69, 9.17) is 28.2 Å². The lowest BCUT2D eigenvalue weighted by Gasteiger charge is -2.04. The number of aliphatic imine (C=N–C) groups is 1. The summed E-state index contributed by atoms with van der Waals surface area (Å²) in [5.41, 5.74) is 3.53. The first-order valence-corrected chi connectivity index (χ1v) is 11.8. The topological polar surface area (TPSA) is 12.4 Å². The van der Waals surface area contributed by atoms with E-state index in [1.165, 1.54) is 11.1 Å². The molecule has 1 nitrogen and oxygen atoms in total. The highest BCUT2D eigenvalue weighted by molar-refractivity contribution is 8.14. The van der Waals surface area contributed by atoms with Crippen molar-refractivity contribution in [2.75, 3.05) is 5.75 Å². The maximum Gasteiger partial charge on any atom is 0.0972 e. The Morgan fingerprint density at radius 3 is 2.41 bits per heavy atom. The van der Waals surface area contributed by atoms with Gasteiger partial charge in [-0.3, -0.25) is 0 Å². The molecule has 0 saturated heterocycles. The summed E-state index contributed by atoms with van der Waals surface area (Å²) < 4.78 is 0. The van der Waals surface area contributed by atoms with Crippen molar-refractivity contribution in [3.8, 4) is 0 Å². The minimum atomic E-state index is 0.566. The molecule has 0 atom stereocenters. The zero-order valence-electron chi connectivity index (χ0n) is 16.0. The number of benzene rings is 3. The minimum absolute atomic E-state index is 0.566. The molecule has 148 valence electrons. The quantitative estimate of drug-likeness (QED) is 0.200. The van der Waals surface area contributed by atoms with Gasteiger partial charge in [-0.25, -0.2) is 4.99 Å². The molecule has 3 aromatic carbocycles. The van der Waals surface area contributed by atoms with Crippen molar-refractivity contribution >= 4 is 57.5 Å². The Balaban J connectivity index is 1.68. The summed E-state index contributed by atoms with van der Waals surface area (Å²) in [4.78, 5) is 5.87. The van der Waals surface area contributed by atoms with Gasteiger partial charge < -0.3 is 0 Å². The number of thioether (sulfide) groups is 2. The molecule has 0 aliphatic heterocycles. The highest BCUT2D eigenvalue weighted by Crippen LogP contribution is 2.29. The molecule has 0 saturated carbocycles. The SMILES string of the molecule is Cc1ccc(N=C(C=CSc2ccc(Cl)c(Cl)c2)SCCc2ccccc2)cc1. The van der Waals surface area contributed by atoms with Gasteiger partial charge in [-0.05, 0) is 60.7 Å². The number of aryl methyl sites for hydroxylation is 2. The Labute approximate surface area is 191 Å². The molecule has 3 aromatic rings. The second-order valence-corrected chi connectivity index (χ2v) is 9.28. The lowest BCUT2D eigenvalue weighted by molar-refractivity contribution is 1.16. The third-order valence-electron chi connectivity index (χ3n) is 4.06. The van der Waals surface area contributed by atoms with Gasteiger partial charge in [-0.1, -0.05) is 83.0 Å². The second kappa shape index (κ2) is 11.5. The molecule has 0 amide bonds. The van der Waals surface area contributed by atoms with Crippen LogP contribution < -0.4 is 0 Å². The fourth-order valence-corrected chi connectivity index (χ4v) is 4.52. The lowest BCUT2D eigenvalue weighted by atomic mass is 10.2. The van der Waals surface area contributed by atoms with Gasteiger partial charge in [0.1, 0.15) is 0 Å². The van der Waals surface area contributed by atoms with E-state index in [0.717, 1.165) is 27.8 Å². The van der Waals surface area contributed by atoms with E-state index in [1.807, 2.05) is 41.8 Å². The molecule has 0 aliphatic rings. The molecule has 0 heterocycles. The van der Waals surface area contributed by atoms with Crippen LogP contribution in [0.2, 0.25) is 10.0 Å². The smallest absolute Gasteiger partial charge is 0.0972 e. The Hall–Kier alpha value is -1.65. The van der Waals surface area contributed by atoms with Gasteiger partial charge in [0.25, 0.3) is 0 Å². The highest BCUT2D eigenvalue weighted by Gasteiger charge is 2.01. The first-order chi connectivity index (χ1) is 14.1. The minimum Gasteiger partial charge on any atom is -0.242 e. The maximum absolute atomic E-state index is 6.10. The Kier molecular flexibility index (Phi) is 8.75. The van der Waals surface area contributed by atoms with Crippen molar-refractivity contribution in [2.24, 2.45) is 4.99 Å². The van der Waals surface area contributed by atoms with Crippen molar-refractivity contribution in [1.29, 1.82) is 0 Å². The van der Waals surface area contributed by atoms with Gasteiger partial charge in [0.15, 0.2) is 0 Å². The van der Waals surface area contributed by atoms with Gasteiger partial charge in [0.2, 0.25) is 0 Å². The lowest BCUT2D eigenvalue weighted by Crippen LogP contribution is -1.93. The summed E-state index contributed by atoms with van der Waals surface area (Å²) in [6.45, 7) is 2.08. The van der Waals surface area contributed by atoms with Crippen LogP contribution in [-0.4, -0.2) is 10.8 Å². The second-order valence-electron chi connectivity index (χ2n) is 6.37. The van der Waals surface area contributed by atoms with Gasteiger partial charge in [-0.15, -0.1) is 11.8 Å². The van der Waals surface area contributed by atoms with Gasteiger partial charge in [0.05, 0.1) is 20.8 Å². The van der Waals surface area contributed by atoms with Gasteiger partial charge >= 0.3 is 0 Å². The Bertz CT molecular complexity index is 984. The summed E-state index contributed by atoms with van der Waals surface area (Å²) in [6, 6.07) is 24.4. The van der Waals surface area contributed by atoms with Crippen molar-refractivity contribution < 1.29 is 0 Å². The van der Waals surface area contributed by atoms with E-state index >= 15 is 0 Å². The van der Waals surface area contributed by atoms with E-state index in [0.29, 0.717) is 10.0 Å². The van der Waals surface area contributed by atoms with E-state index in [-0.39, 0.29) is 0 Å². The number of nitrogens with zero attached hydrogens (tertiary/aromatic N) is 1. The molecule has 5 heteroatoms. The van der Waals surface area contributed by atoms with Crippen molar-refractivity contribution in [1.82, 2.24) is 0 Å². The van der Waals surface area contributed by atoms with E-state index in [1.54, 1.807) is 23.5 Å². The van der Waals surface area contributed by atoms with Crippen LogP contribution >= 0.6 is 46.7 Å². The van der Waals surface area contributed by atoms with Crippen LogP contribution in [0.3, 0.4) is 0 Å². The number of hydrogen-bond donors (Lipinski definition) is 0. The standard InChI is InChI=1S/C24H21Cl2NS2/c1-18-7-9-20(10-8-18)27-24(29-15-13-19-5-3-2-4-6-19)14-16-28-21-11-12-22(25)23(26)17-21/h2-12,14,16-17H,13,15H2,1H3. The average Bonchev–Trinajstić information content (AvgIpc) is 2.73. The van der Waals surface area contributed by atoms with Crippen LogP contribution in [0.1, 0.15) is 11.1 Å². The molecule has 0 aliphatic carbocycles. The summed E-state index contributed by atoms with van der Waals surface area (Å²) in [5, 5.41) is 4.16.